The van der Waals surface area contributed by atoms with E-state index in [-0.39, 0.29) is 6.61 Å². The minimum Gasteiger partial charge on any atom is -0.452 e. The first-order chi connectivity index (χ1) is 12.1. The number of ether oxygens (including phenoxy) is 1. The number of aromatic nitrogens is 2. The maximum atomic E-state index is 11.9. The summed E-state index contributed by atoms with van der Waals surface area (Å²) in [5, 5.41) is 4.95. The van der Waals surface area contributed by atoms with Crippen molar-refractivity contribution in [2.45, 2.75) is 6.92 Å². The Balaban J connectivity index is 1.55. The highest BCUT2D eigenvalue weighted by atomic mass is 32.1. The van der Waals surface area contributed by atoms with Crippen molar-refractivity contribution in [1.29, 1.82) is 0 Å². The molecule has 0 fully saturated rings. The van der Waals surface area contributed by atoms with Crippen molar-refractivity contribution in [3.8, 4) is 11.3 Å². The third-order valence-electron chi connectivity index (χ3n) is 3.35. The number of hydrogen-bond donors (Lipinski definition) is 1. The molecular formula is C18H15N3O3S. The number of benzene rings is 1. The topological polar surface area (TPSA) is 81.2 Å². The lowest BCUT2D eigenvalue weighted by molar-refractivity contribution is -0.119. The zero-order chi connectivity index (χ0) is 17.6. The van der Waals surface area contributed by atoms with Gasteiger partial charge >= 0.3 is 5.97 Å². The highest BCUT2D eigenvalue weighted by Crippen LogP contribution is 2.25. The van der Waals surface area contributed by atoms with E-state index in [0.717, 1.165) is 11.3 Å². The van der Waals surface area contributed by atoms with Crippen LogP contribution in [0.2, 0.25) is 0 Å². The van der Waals surface area contributed by atoms with Gasteiger partial charge in [-0.25, -0.2) is 9.78 Å². The molecule has 2 heterocycles. The van der Waals surface area contributed by atoms with E-state index in [0.29, 0.717) is 10.7 Å². The molecule has 0 bridgehead atoms. The van der Waals surface area contributed by atoms with Gasteiger partial charge in [0.25, 0.3) is 5.91 Å². The molecule has 0 unspecified atom stereocenters. The van der Waals surface area contributed by atoms with Crippen molar-refractivity contribution in [2.75, 3.05) is 11.9 Å². The van der Waals surface area contributed by atoms with Gasteiger partial charge in [0.1, 0.15) is 0 Å². The van der Waals surface area contributed by atoms with Crippen LogP contribution in [0.4, 0.5) is 5.13 Å². The standard InChI is InChI=1S/C18H15N3O3S/c1-12-2-4-13(5-3-12)15-11-25-18(20-15)21-16(22)10-24-17(23)14-6-8-19-9-7-14/h2-9,11H,10H2,1H3,(H,20,21,22). The first kappa shape index (κ1) is 16.8. The lowest BCUT2D eigenvalue weighted by Crippen LogP contribution is -2.20. The first-order valence-electron chi connectivity index (χ1n) is 7.51. The number of nitrogens with zero attached hydrogens (tertiary/aromatic N) is 2. The number of aryl methyl sites for hydroxylation is 1. The van der Waals surface area contributed by atoms with Crippen LogP contribution in [-0.4, -0.2) is 28.5 Å². The number of amides is 1. The van der Waals surface area contributed by atoms with E-state index in [2.05, 4.69) is 15.3 Å². The zero-order valence-electron chi connectivity index (χ0n) is 13.4. The minimum atomic E-state index is -0.572. The van der Waals surface area contributed by atoms with Crippen LogP contribution in [0, 0.1) is 6.92 Å². The number of esters is 1. The molecule has 2 aromatic heterocycles. The highest BCUT2D eigenvalue weighted by Gasteiger charge is 2.12. The Bertz CT molecular complexity index is 876. The number of thiazole rings is 1. The van der Waals surface area contributed by atoms with Gasteiger partial charge in [-0.2, -0.15) is 0 Å². The zero-order valence-corrected chi connectivity index (χ0v) is 14.2. The molecule has 0 saturated carbocycles. The number of anilines is 1. The molecule has 7 heteroatoms. The molecule has 0 atom stereocenters. The molecule has 0 aliphatic carbocycles. The van der Waals surface area contributed by atoms with Gasteiger partial charge in [-0.3, -0.25) is 15.1 Å². The number of carbonyl (C=O) groups excluding carboxylic acids is 2. The summed E-state index contributed by atoms with van der Waals surface area (Å²) in [6, 6.07) is 11.0. The van der Waals surface area contributed by atoms with Crippen LogP contribution in [0.1, 0.15) is 15.9 Å². The normalized spacial score (nSPS) is 10.3. The van der Waals surface area contributed by atoms with E-state index in [9.17, 15) is 9.59 Å². The molecule has 1 aromatic carbocycles. The van der Waals surface area contributed by atoms with Crippen LogP contribution in [0.25, 0.3) is 11.3 Å². The van der Waals surface area contributed by atoms with E-state index in [1.54, 1.807) is 0 Å². The maximum absolute atomic E-state index is 11.9. The Labute approximate surface area is 148 Å². The molecule has 126 valence electrons. The molecular weight excluding hydrogens is 338 g/mol. The Hall–Kier alpha value is -3.06. The third kappa shape index (κ3) is 4.48. The molecule has 0 radical (unpaired) electrons. The smallest absolute Gasteiger partial charge is 0.338 e. The van der Waals surface area contributed by atoms with E-state index in [4.69, 9.17) is 4.74 Å². The van der Waals surface area contributed by atoms with Crippen molar-refractivity contribution in [2.24, 2.45) is 0 Å². The van der Waals surface area contributed by atoms with Gasteiger partial charge in [0.15, 0.2) is 11.7 Å². The van der Waals surface area contributed by atoms with Crippen molar-refractivity contribution < 1.29 is 14.3 Å². The van der Waals surface area contributed by atoms with Crippen molar-refractivity contribution in [3.63, 3.8) is 0 Å². The number of pyridine rings is 1. The van der Waals surface area contributed by atoms with E-state index >= 15 is 0 Å². The molecule has 1 N–H and O–H groups in total. The number of hydrogen-bond acceptors (Lipinski definition) is 6. The maximum Gasteiger partial charge on any atom is 0.338 e. The Kier molecular flexibility index (Phi) is 5.15. The first-order valence-corrected chi connectivity index (χ1v) is 8.39. The van der Waals surface area contributed by atoms with Gasteiger partial charge in [-0.05, 0) is 19.1 Å². The molecule has 0 aliphatic heterocycles. The molecule has 3 rings (SSSR count). The lowest BCUT2D eigenvalue weighted by atomic mass is 10.1. The van der Waals surface area contributed by atoms with Gasteiger partial charge in [-0.1, -0.05) is 29.8 Å². The van der Waals surface area contributed by atoms with Gasteiger partial charge in [0, 0.05) is 23.3 Å². The molecule has 0 saturated heterocycles. The Morgan fingerprint density at radius 1 is 1.12 bits per heavy atom. The van der Waals surface area contributed by atoms with E-state index in [1.807, 2.05) is 36.6 Å². The van der Waals surface area contributed by atoms with Crippen LogP contribution < -0.4 is 5.32 Å². The number of nitrogens with one attached hydrogen (secondary N) is 1. The van der Waals surface area contributed by atoms with Gasteiger partial charge in [0.2, 0.25) is 0 Å². The largest absolute Gasteiger partial charge is 0.452 e. The van der Waals surface area contributed by atoms with Crippen molar-refractivity contribution in [1.82, 2.24) is 9.97 Å². The molecule has 0 spiro atoms. The van der Waals surface area contributed by atoms with Gasteiger partial charge in [-0.15, -0.1) is 11.3 Å². The van der Waals surface area contributed by atoms with Gasteiger partial charge < -0.3 is 4.74 Å². The predicted octanol–water partition coefficient (Wildman–Crippen LogP) is 3.31. The highest BCUT2D eigenvalue weighted by molar-refractivity contribution is 7.14. The van der Waals surface area contributed by atoms with Crippen molar-refractivity contribution >= 4 is 28.3 Å². The minimum absolute atomic E-state index is 0.346. The summed E-state index contributed by atoms with van der Waals surface area (Å²) in [4.78, 5) is 31.9. The monoisotopic (exact) mass is 353 g/mol. The Morgan fingerprint density at radius 2 is 1.84 bits per heavy atom. The second-order valence-electron chi connectivity index (χ2n) is 5.26. The lowest BCUT2D eigenvalue weighted by Gasteiger charge is -2.04. The summed E-state index contributed by atoms with van der Waals surface area (Å²) in [5.74, 6) is -1.01. The summed E-state index contributed by atoms with van der Waals surface area (Å²) in [6.45, 7) is 1.64. The summed E-state index contributed by atoms with van der Waals surface area (Å²) < 4.78 is 4.96. The summed E-state index contributed by atoms with van der Waals surface area (Å²) in [6.07, 6.45) is 2.97. The summed E-state index contributed by atoms with van der Waals surface area (Å²) in [5.41, 5.74) is 3.28. The molecule has 25 heavy (non-hydrogen) atoms. The van der Waals surface area contributed by atoms with Crippen LogP contribution in [0.5, 0.6) is 0 Å². The predicted molar refractivity (Wildman–Crippen MR) is 95.4 cm³/mol. The van der Waals surface area contributed by atoms with Crippen LogP contribution in [0.15, 0.2) is 54.2 Å². The van der Waals surface area contributed by atoms with Gasteiger partial charge in [0.05, 0.1) is 11.3 Å². The summed E-state index contributed by atoms with van der Waals surface area (Å²) >= 11 is 1.32. The second-order valence-corrected chi connectivity index (χ2v) is 6.12. The molecule has 0 aliphatic rings. The fourth-order valence-corrected chi connectivity index (χ4v) is 2.78. The fraction of sp³-hybridized carbons (Fsp3) is 0.111. The van der Waals surface area contributed by atoms with E-state index in [1.165, 1.54) is 41.4 Å². The number of carbonyl (C=O) groups is 2. The number of rotatable bonds is 5. The van der Waals surface area contributed by atoms with Crippen LogP contribution in [0.3, 0.4) is 0 Å². The van der Waals surface area contributed by atoms with E-state index < -0.39 is 11.9 Å². The second kappa shape index (κ2) is 7.67. The van der Waals surface area contributed by atoms with Crippen LogP contribution >= 0.6 is 11.3 Å². The molecule has 6 nitrogen and oxygen atoms in total. The van der Waals surface area contributed by atoms with Crippen molar-refractivity contribution in [3.05, 3.63) is 65.3 Å². The third-order valence-corrected chi connectivity index (χ3v) is 4.11. The summed E-state index contributed by atoms with van der Waals surface area (Å²) in [7, 11) is 0. The average molecular weight is 353 g/mol. The van der Waals surface area contributed by atoms with Crippen LogP contribution in [-0.2, 0) is 9.53 Å². The SMILES string of the molecule is Cc1ccc(-c2csc(NC(=O)COC(=O)c3ccncc3)n2)cc1. The molecule has 3 aromatic rings. The molecule has 1 amide bonds. The quantitative estimate of drug-likeness (QED) is 0.712. The fourth-order valence-electron chi connectivity index (χ4n) is 2.05. The Morgan fingerprint density at radius 3 is 2.56 bits per heavy atom. The average Bonchev–Trinajstić information content (AvgIpc) is 3.09.